The predicted octanol–water partition coefficient (Wildman–Crippen LogP) is 1.02. The van der Waals surface area contributed by atoms with Crippen molar-refractivity contribution in [3.05, 3.63) is 24.3 Å². The molecule has 1 N–H and O–H groups in total. The normalized spacial score (nSPS) is 15.1. The molecule has 0 spiro atoms. The molecule has 18 heavy (non-hydrogen) atoms. The van der Waals surface area contributed by atoms with E-state index in [-0.39, 0.29) is 12.6 Å². The largest absolute Gasteiger partial charge is 0.495 e. The number of rotatable bonds is 4. The van der Waals surface area contributed by atoms with Crippen molar-refractivity contribution in [3.63, 3.8) is 0 Å². The summed E-state index contributed by atoms with van der Waals surface area (Å²) in [6, 6.07) is 6.87. The molecule has 0 atom stereocenters. The molecule has 96 valence electrons. The van der Waals surface area contributed by atoms with Gasteiger partial charge in [0.25, 0.3) is 0 Å². The Morgan fingerprint density at radius 3 is 2.78 bits per heavy atom. The van der Waals surface area contributed by atoms with Crippen LogP contribution in [0.3, 0.4) is 0 Å². The first-order valence-corrected chi connectivity index (χ1v) is 5.54. The van der Waals surface area contributed by atoms with E-state index in [4.69, 9.17) is 9.84 Å². The number of carbonyl (C=O) groups is 2. The summed E-state index contributed by atoms with van der Waals surface area (Å²) in [6.07, 6.45) is 0. The second-order valence-corrected chi connectivity index (χ2v) is 3.92. The van der Waals surface area contributed by atoms with Crippen LogP contribution in [0.1, 0.15) is 0 Å². The summed E-state index contributed by atoms with van der Waals surface area (Å²) >= 11 is 0. The molecule has 0 bridgehead atoms. The topological polar surface area (TPSA) is 70.1 Å². The summed E-state index contributed by atoms with van der Waals surface area (Å²) < 4.78 is 5.19. The van der Waals surface area contributed by atoms with E-state index in [1.54, 1.807) is 12.1 Å². The van der Waals surface area contributed by atoms with Gasteiger partial charge in [0.05, 0.1) is 12.8 Å². The fourth-order valence-corrected chi connectivity index (χ4v) is 1.97. The van der Waals surface area contributed by atoms with E-state index in [1.807, 2.05) is 12.1 Å². The van der Waals surface area contributed by atoms with Crippen LogP contribution < -0.4 is 9.64 Å². The third-order valence-corrected chi connectivity index (χ3v) is 2.80. The van der Waals surface area contributed by atoms with Crippen molar-refractivity contribution in [2.24, 2.45) is 0 Å². The van der Waals surface area contributed by atoms with E-state index in [1.165, 1.54) is 16.9 Å². The van der Waals surface area contributed by atoms with Crippen LogP contribution in [0.2, 0.25) is 0 Å². The molecule has 1 fully saturated rings. The molecule has 0 saturated carbocycles. The molecule has 0 radical (unpaired) electrons. The highest BCUT2D eigenvalue weighted by molar-refractivity contribution is 5.97. The number of urea groups is 1. The highest BCUT2D eigenvalue weighted by atomic mass is 16.5. The first-order valence-electron chi connectivity index (χ1n) is 5.54. The monoisotopic (exact) mass is 250 g/mol. The van der Waals surface area contributed by atoms with Crippen molar-refractivity contribution in [2.75, 3.05) is 31.6 Å². The smallest absolute Gasteiger partial charge is 0.325 e. The fraction of sp³-hybridized carbons (Fsp3) is 0.333. The van der Waals surface area contributed by atoms with Crippen molar-refractivity contribution in [2.45, 2.75) is 0 Å². The fourth-order valence-electron chi connectivity index (χ4n) is 1.97. The molecule has 2 amide bonds. The number of anilines is 1. The van der Waals surface area contributed by atoms with Gasteiger partial charge in [-0.3, -0.25) is 9.69 Å². The number of hydrogen-bond donors (Lipinski definition) is 1. The Hall–Kier alpha value is -2.24. The molecule has 6 nitrogen and oxygen atoms in total. The second kappa shape index (κ2) is 4.95. The Balaban J connectivity index is 2.20. The van der Waals surface area contributed by atoms with Crippen LogP contribution in [0.25, 0.3) is 0 Å². The minimum atomic E-state index is -1.01. The summed E-state index contributed by atoms with van der Waals surface area (Å²) in [5.41, 5.74) is 0.665. The van der Waals surface area contributed by atoms with Crippen molar-refractivity contribution < 1.29 is 19.4 Å². The minimum Gasteiger partial charge on any atom is -0.495 e. The van der Waals surface area contributed by atoms with E-state index in [2.05, 4.69) is 0 Å². The average Bonchev–Trinajstić information content (AvgIpc) is 2.70. The molecule has 0 aromatic heterocycles. The summed E-state index contributed by atoms with van der Waals surface area (Å²) in [5.74, 6) is -0.409. The van der Waals surface area contributed by atoms with Gasteiger partial charge in [0.2, 0.25) is 0 Å². The molecular weight excluding hydrogens is 236 g/mol. The molecule has 0 aliphatic carbocycles. The minimum absolute atomic E-state index is 0.273. The maximum atomic E-state index is 12.0. The Morgan fingerprint density at radius 2 is 2.11 bits per heavy atom. The van der Waals surface area contributed by atoms with Crippen molar-refractivity contribution in [1.82, 2.24) is 4.90 Å². The molecule has 1 saturated heterocycles. The van der Waals surface area contributed by atoms with Crippen LogP contribution >= 0.6 is 0 Å². The summed E-state index contributed by atoms with van der Waals surface area (Å²) in [6.45, 7) is 0.597. The van der Waals surface area contributed by atoms with Gasteiger partial charge in [0, 0.05) is 13.1 Å². The molecule has 1 aromatic carbocycles. The maximum absolute atomic E-state index is 12.0. The molecule has 1 aliphatic rings. The predicted molar refractivity (Wildman–Crippen MR) is 64.9 cm³/mol. The van der Waals surface area contributed by atoms with E-state index in [9.17, 15) is 9.59 Å². The van der Waals surface area contributed by atoms with Crippen LogP contribution in [0.5, 0.6) is 5.75 Å². The van der Waals surface area contributed by atoms with Crippen LogP contribution in [0.4, 0.5) is 10.5 Å². The molecule has 1 aromatic rings. The lowest BCUT2D eigenvalue weighted by atomic mass is 10.2. The van der Waals surface area contributed by atoms with Gasteiger partial charge in [-0.2, -0.15) is 0 Å². The molecule has 0 unspecified atom stereocenters. The molecule has 6 heteroatoms. The lowest BCUT2D eigenvalue weighted by Gasteiger charge is -2.19. The average molecular weight is 250 g/mol. The lowest BCUT2D eigenvalue weighted by Crippen LogP contribution is -2.35. The van der Waals surface area contributed by atoms with Gasteiger partial charge in [-0.05, 0) is 12.1 Å². The standard InChI is InChI=1S/C12H14N2O4/c1-18-10-5-3-2-4-9(10)14-7-6-13(12(14)17)8-11(15)16/h2-5H,6-8H2,1H3,(H,15,16). The van der Waals surface area contributed by atoms with Gasteiger partial charge < -0.3 is 14.7 Å². The van der Waals surface area contributed by atoms with Gasteiger partial charge in [0.15, 0.2) is 0 Å². The first kappa shape index (κ1) is 12.2. The maximum Gasteiger partial charge on any atom is 0.325 e. The number of carboxylic acids is 1. The van der Waals surface area contributed by atoms with Crippen LogP contribution in [-0.4, -0.2) is 48.8 Å². The van der Waals surface area contributed by atoms with Gasteiger partial charge in [-0.1, -0.05) is 12.1 Å². The summed E-state index contributed by atoms with van der Waals surface area (Å²) in [4.78, 5) is 25.5. The number of carboxylic acid groups (broad SMARTS) is 1. The third kappa shape index (κ3) is 2.22. The zero-order valence-electron chi connectivity index (χ0n) is 10.00. The summed E-state index contributed by atoms with van der Waals surface area (Å²) in [5, 5.41) is 8.71. The Labute approximate surface area is 104 Å². The van der Waals surface area contributed by atoms with E-state index in [0.717, 1.165) is 0 Å². The Bertz CT molecular complexity index is 475. The van der Waals surface area contributed by atoms with Crippen LogP contribution in [0.15, 0.2) is 24.3 Å². The van der Waals surface area contributed by atoms with Crippen LogP contribution in [0, 0.1) is 0 Å². The van der Waals surface area contributed by atoms with Crippen LogP contribution in [-0.2, 0) is 4.79 Å². The quantitative estimate of drug-likeness (QED) is 0.866. The highest BCUT2D eigenvalue weighted by Gasteiger charge is 2.32. The Morgan fingerprint density at radius 1 is 1.39 bits per heavy atom. The second-order valence-electron chi connectivity index (χ2n) is 3.92. The summed E-state index contributed by atoms with van der Waals surface area (Å²) in [7, 11) is 1.54. The number of nitrogens with zero attached hydrogens (tertiary/aromatic N) is 2. The van der Waals surface area contributed by atoms with Crippen molar-refractivity contribution in [1.29, 1.82) is 0 Å². The molecule has 1 heterocycles. The SMILES string of the molecule is COc1ccccc1N1CCN(CC(=O)O)C1=O. The molecular formula is C12H14N2O4. The number of hydrogen-bond acceptors (Lipinski definition) is 3. The number of amides is 2. The van der Waals surface area contributed by atoms with Gasteiger partial charge >= 0.3 is 12.0 Å². The van der Waals surface area contributed by atoms with E-state index < -0.39 is 5.97 Å². The Kier molecular flexibility index (Phi) is 3.36. The third-order valence-electron chi connectivity index (χ3n) is 2.80. The van der Waals surface area contributed by atoms with Gasteiger partial charge in [0.1, 0.15) is 12.3 Å². The number of ether oxygens (including phenoxy) is 1. The number of carbonyl (C=O) groups excluding carboxylic acids is 1. The number of methoxy groups -OCH3 is 1. The molecule has 1 aliphatic heterocycles. The van der Waals surface area contributed by atoms with Gasteiger partial charge in [-0.15, -0.1) is 0 Å². The zero-order chi connectivity index (χ0) is 13.1. The van der Waals surface area contributed by atoms with E-state index >= 15 is 0 Å². The van der Waals surface area contributed by atoms with E-state index in [0.29, 0.717) is 24.5 Å². The number of aliphatic carboxylic acids is 1. The van der Waals surface area contributed by atoms with Gasteiger partial charge in [-0.25, -0.2) is 4.79 Å². The number of para-hydroxylation sites is 2. The molecule has 2 rings (SSSR count). The highest BCUT2D eigenvalue weighted by Crippen LogP contribution is 2.30. The number of benzene rings is 1. The van der Waals surface area contributed by atoms with Crippen molar-refractivity contribution in [3.8, 4) is 5.75 Å². The van der Waals surface area contributed by atoms with Crippen molar-refractivity contribution >= 4 is 17.7 Å². The zero-order valence-corrected chi connectivity index (χ0v) is 10.00. The first-order chi connectivity index (χ1) is 8.63. The lowest BCUT2D eigenvalue weighted by molar-refractivity contribution is -0.137.